The summed E-state index contributed by atoms with van der Waals surface area (Å²) in [6, 6.07) is 0. The molecule has 0 rings (SSSR count). The van der Waals surface area contributed by atoms with E-state index in [-0.39, 0.29) is 105 Å². The molecule has 0 aliphatic rings. The average Bonchev–Trinajstić information content (AvgIpc) is 0. The van der Waals surface area contributed by atoms with Gasteiger partial charge in [0, 0.05) is 37.1 Å². The molecule has 9 heavy (non-hydrogen) atoms. The van der Waals surface area contributed by atoms with Gasteiger partial charge in [0.15, 0.2) is 0 Å². The van der Waals surface area contributed by atoms with Gasteiger partial charge in [0.1, 0.15) is 0 Å². The molecule has 5 nitrogen and oxygen atoms in total. The predicted molar refractivity (Wildman–Crippen MR) is 5.66 cm³/mol. The summed E-state index contributed by atoms with van der Waals surface area (Å²) in [6.45, 7) is 0. The fourth-order valence-corrected chi connectivity index (χ4v) is 0. The zero-order valence-electron chi connectivity index (χ0n) is 6.94. The molecule has 0 aromatic carbocycles. The van der Waals surface area contributed by atoms with Crippen molar-refractivity contribution in [2.45, 2.75) is 0 Å². The molecule has 0 unspecified atom stereocenters. The Morgan fingerprint density at radius 2 is 0.444 bits per heavy atom. The van der Waals surface area contributed by atoms with Crippen LogP contribution in [0.5, 0.6) is 0 Å². The molecule has 54 valence electrons. The molecule has 0 heterocycles. The zero-order valence-corrected chi connectivity index (χ0v) is 7.73. The summed E-state index contributed by atoms with van der Waals surface area (Å²) in [6.07, 6.45) is 0. The second-order valence-corrected chi connectivity index (χ2v) is 0. The van der Waals surface area contributed by atoms with Crippen LogP contribution in [-0.4, -0.2) is 0 Å². The van der Waals surface area contributed by atoms with Gasteiger partial charge in [-0.3, -0.25) is 0 Å². The quantitative estimate of drug-likeness (QED) is 0.341. The van der Waals surface area contributed by atoms with Crippen molar-refractivity contribution in [3.05, 3.63) is 0 Å². The van der Waals surface area contributed by atoms with Gasteiger partial charge in [0.05, 0.1) is 0 Å². The molecule has 0 amide bonds. The Balaban J connectivity index is 0. The van der Waals surface area contributed by atoms with Crippen molar-refractivity contribution in [1.29, 1.82) is 0 Å². The first kappa shape index (κ1) is 246. The van der Waals surface area contributed by atoms with Gasteiger partial charge in [-0.2, -0.15) is 0 Å². The summed E-state index contributed by atoms with van der Waals surface area (Å²) in [4.78, 5) is 0. The van der Waals surface area contributed by atoms with Crippen molar-refractivity contribution in [2.24, 2.45) is 0 Å². The smallest absolute Gasteiger partial charge is 1.00 e. The molecule has 2 radical (unpaired) electrons. The van der Waals surface area contributed by atoms with Crippen molar-refractivity contribution in [3.63, 3.8) is 0 Å². The molecule has 0 aromatic rings. The Morgan fingerprint density at radius 3 is 0.444 bits per heavy atom. The van der Waals surface area contributed by atoms with Gasteiger partial charge in [-0.25, -0.2) is 0 Å². The van der Waals surface area contributed by atoms with E-state index in [1.54, 1.807) is 0 Å². The van der Waals surface area contributed by atoms with Crippen LogP contribution in [0.15, 0.2) is 0 Å². The summed E-state index contributed by atoms with van der Waals surface area (Å²) in [5.41, 5.74) is 0. The first-order chi connectivity index (χ1) is 0. The summed E-state index contributed by atoms with van der Waals surface area (Å²) in [7, 11) is 0. The van der Waals surface area contributed by atoms with Crippen LogP contribution >= 0.6 is 0 Å². The minimum atomic E-state index is 0. The fraction of sp³-hybridized carbons (Fsp3) is 0. The van der Waals surface area contributed by atoms with Gasteiger partial charge in [-0.05, 0) is 0 Å². The van der Waals surface area contributed by atoms with Gasteiger partial charge >= 0.3 is 37.7 Å². The van der Waals surface area contributed by atoms with Crippen LogP contribution in [0.4, 0.5) is 0 Å². The molecule has 0 aliphatic heterocycles. The van der Waals surface area contributed by atoms with E-state index in [4.69, 9.17) is 0 Å². The molecule has 0 aliphatic carbocycles. The van der Waals surface area contributed by atoms with Crippen molar-refractivity contribution in [3.8, 4) is 0 Å². The van der Waals surface area contributed by atoms with Crippen LogP contribution in [0, 0.1) is 0 Å². The van der Waals surface area contributed by atoms with E-state index in [1.807, 2.05) is 0 Å². The first-order valence-corrected chi connectivity index (χ1v) is 0. The van der Waals surface area contributed by atoms with Gasteiger partial charge in [0.2, 0.25) is 0 Å². The molecule has 0 aromatic heterocycles. The standard InChI is InChI=1S/2Li.5O.2V.2H/q2*+1;5*-2;;;2*-1. The van der Waals surface area contributed by atoms with E-state index in [2.05, 4.69) is 0 Å². The van der Waals surface area contributed by atoms with E-state index in [9.17, 15) is 0 Å². The summed E-state index contributed by atoms with van der Waals surface area (Å²) < 4.78 is 0. The zero-order chi connectivity index (χ0) is 0. The monoisotopic (exact) mass is 198 g/mol. The van der Waals surface area contributed by atoms with Crippen LogP contribution in [-0.2, 0) is 64.5 Å². The van der Waals surface area contributed by atoms with Crippen molar-refractivity contribution in [2.75, 3.05) is 0 Å². The van der Waals surface area contributed by atoms with Gasteiger partial charge < -0.3 is 30.2 Å². The number of hydrogen-bond acceptors (Lipinski definition) is 0. The van der Waals surface area contributed by atoms with E-state index >= 15 is 0 Å². The topological polar surface area (TPSA) is 142 Å². The van der Waals surface area contributed by atoms with Crippen molar-refractivity contribution >= 4 is 0 Å². The summed E-state index contributed by atoms with van der Waals surface area (Å²) in [5, 5.41) is 0. The normalized spacial score (nSPS) is 0. The molecule has 0 spiro atoms. The first-order valence-electron chi connectivity index (χ1n) is 0. The van der Waals surface area contributed by atoms with E-state index in [0.29, 0.717) is 0 Å². The van der Waals surface area contributed by atoms with Gasteiger partial charge in [-0.1, -0.05) is 0 Å². The Bertz CT molecular complexity index is 20.4. The molecular weight excluding hydrogens is 196 g/mol. The molecule has 9 heteroatoms. The van der Waals surface area contributed by atoms with Crippen LogP contribution in [0.25, 0.3) is 0 Å². The maximum Gasteiger partial charge on any atom is 1.00 e. The van der Waals surface area contributed by atoms with Gasteiger partial charge in [0.25, 0.3) is 0 Å². The number of rotatable bonds is 0. The molecule has 0 bridgehead atoms. The third-order valence-electron chi connectivity index (χ3n) is 0. The number of hydrogen-bond donors (Lipinski definition) is 0. The second kappa shape index (κ2) is 182. The summed E-state index contributed by atoms with van der Waals surface area (Å²) >= 11 is 0. The molecule has 0 saturated carbocycles. The average molecular weight is 198 g/mol. The minimum absolute atomic E-state index is 0. The molecular formula is H2Li2O5V2-10. The van der Waals surface area contributed by atoms with Crippen LogP contribution in [0.2, 0.25) is 0 Å². The molecule has 0 N–H and O–H groups in total. The molecule has 0 saturated heterocycles. The predicted octanol–water partition coefficient (Wildman–Crippen LogP) is -6.37. The molecule has 0 atom stereocenters. The Hall–Kier alpha value is 2.16. The third-order valence-corrected chi connectivity index (χ3v) is 0. The summed E-state index contributed by atoms with van der Waals surface area (Å²) in [5.74, 6) is 0. The largest absolute Gasteiger partial charge is 2.00 e. The third kappa shape index (κ3) is 145. The Morgan fingerprint density at radius 1 is 0.444 bits per heavy atom. The Labute approximate surface area is 104 Å². The van der Waals surface area contributed by atoms with Crippen LogP contribution in [0.1, 0.15) is 2.85 Å². The fourth-order valence-electron chi connectivity index (χ4n) is 0. The van der Waals surface area contributed by atoms with Crippen molar-refractivity contribution < 1.29 is 105 Å². The van der Waals surface area contributed by atoms with E-state index in [0.717, 1.165) is 0 Å². The van der Waals surface area contributed by atoms with Gasteiger partial charge in [-0.15, -0.1) is 0 Å². The Kier molecular flexibility index (Phi) is 4990. The van der Waals surface area contributed by atoms with E-state index in [1.165, 1.54) is 0 Å². The van der Waals surface area contributed by atoms with Crippen LogP contribution in [0.3, 0.4) is 0 Å². The minimum Gasteiger partial charge on any atom is -2.00 e. The van der Waals surface area contributed by atoms with Crippen LogP contribution < -0.4 is 37.7 Å². The maximum absolute atomic E-state index is 0. The van der Waals surface area contributed by atoms with Crippen molar-refractivity contribution in [1.82, 2.24) is 0 Å². The SMILES string of the molecule is [H-].[H-].[Li+].[Li+].[O-2].[O-2].[O-2].[O-2].[O-2].[V].[V]. The van der Waals surface area contributed by atoms with E-state index < -0.39 is 0 Å². The maximum atomic E-state index is 0. The second-order valence-electron chi connectivity index (χ2n) is 0. The molecule has 0 fully saturated rings.